The number of halogens is 4. The summed E-state index contributed by atoms with van der Waals surface area (Å²) < 4.78 is 67.2. The topological polar surface area (TPSA) is 27.7 Å². The van der Waals surface area contributed by atoms with Crippen molar-refractivity contribution in [1.82, 2.24) is 0 Å². The summed E-state index contributed by atoms with van der Waals surface area (Å²) in [6.07, 6.45) is 6.22. The van der Waals surface area contributed by atoms with Crippen molar-refractivity contribution in [3.05, 3.63) is 30.1 Å². The number of benzene rings is 1. The molecule has 27 heavy (non-hydrogen) atoms. The lowest BCUT2D eigenvalue weighted by molar-refractivity contribution is -0.276. The number of alkyl halides is 3. The molecule has 3 rings (SSSR count). The van der Waals surface area contributed by atoms with E-state index in [1.807, 2.05) is 6.08 Å². The molecule has 150 valence electrons. The molecule has 2 saturated carbocycles. The van der Waals surface area contributed by atoms with Crippen LogP contribution in [0.1, 0.15) is 44.9 Å². The molecule has 0 saturated heterocycles. The average molecular weight is 388 g/mol. The summed E-state index contributed by atoms with van der Waals surface area (Å²) in [6.45, 7) is 0.309. The predicted octanol–water partition coefficient (Wildman–Crippen LogP) is 6.03. The highest BCUT2D eigenvalue weighted by molar-refractivity contribution is 5.47. The summed E-state index contributed by atoms with van der Waals surface area (Å²) >= 11 is 0. The zero-order valence-electron chi connectivity index (χ0n) is 15.1. The van der Waals surface area contributed by atoms with Gasteiger partial charge in [0.15, 0.2) is 11.5 Å². The Bertz CT molecular complexity index is 647. The summed E-state index contributed by atoms with van der Waals surface area (Å²) in [5, 5.41) is 0. The molecule has 0 spiro atoms. The van der Waals surface area contributed by atoms with Crippen molar-refractivity contribution in [3.8, 4) is 17.2 Å². The SMILES string of the molecule is Fc1c(OC/C=C/C2CC2)ccc(OCCC2CCCC2)c1OC(F)(F)F. The van der Waals surface area contributed by atoms with Crippen LogP contribution in [-0.4, -0.2) is 19.6 Å². The van der Waals surface area contributed by atoms with Gasteiger partial charge >= 0.3 is 6.36 Å². The Hall–Kier alpha value is -1.92. The Labute approximate surface area is 156 Å². The number of allylic oxidation sites excluding steroid dienone is 1. The fourth-order valence-electron chi connectivity index (χ4n) is 3.27. The van der Waals surface area contributed by atoms with E-state index in [9.17, 15) is 17.6 Å². The van der Waals surface area contributed by atoms with Crippen LogP contribution in [0.2, 0.25) is 0 Å². The molecular weight excluding hydrogens is 364 g/mol. The van der Waals surface area contributed by atoms with E-state index < -0.39 is 17.9 Å². The smallest absolute Gasteiger partial charge is 0.490 e. The van der Waals surface area contributed by atoms with Crippen LogP contribution in [-0.2, 0) is 0 Å². The van der Waals surface area contributed by atoms with Gasteiger partial charge < -0.3 is 14.2 Å². The molecule has 0 amide bonds. The first-order valence-electron chi connectivity index (χ1n) is 9.43. The zero-order valence-corrected chi connectivity index (χ0v) is 15.1. The van der Waals surface area contributed by atoms with Crippen molar-refractivity contribution >= 4 is 0 Å². The summed E-state index contributed by atoms with van der Waals surface area (Å²) in [7, 11) is 0. The Balaban J connectivity index is 1.65. The van der Waals surface area contributed by atoms with Crippen molar-refractivity contribution in [2.45, 2.75) is 51.3 Å². The van der Waals surface area contributed by atoms with Crippen LogP contribution < -0.4 is 14.2 Å². The van der Waals surface area contributed by atoms with E-state index in [0.717, 1.165) is 32.1 Å². The van der Waals surface area contributed by atoms with Gasteiger partial charge in [-0.2, -0.15) is 4.39 Å². The van der Waals surface area contributed by atoms with E-state index in [1.54, 1.807) is 6.08 Å². The standard InChI is InChI=1S/C20H24F4O3/c21-18-16(25-12-3-6-15-7-8-15)9-10-17(19(18)27-20(22,23)24)26-13-11-14-4-1-2-5-14/h3,6,9-10,14-15H,1-2,4-5,7-8,11-13H2/b6-3+. The number of hydrogen-bond donors (Lipinski definition) is 0. The zero-order chi connectivity index (χ0) is 19.3. The van der Waals surface area contributed by atoms with E-state index in [0.29, 0.717) is 11.8 Å². The Morgan fingerprint density at radius 1 is 1.00 bits per heavy atom. The summed E-state index contributed by atoms with van der Waals surface area (Å²) in [5.74, 6) is -1.68. The van der Waals surface area contributed by atoms with Crippen molar-refractivity contribution in [1.29, 1.82) is 0 Å². The van der Waals surface area contributed by atoms with Gasteiger partial charge in [-0.1, -0.05) is 37.8 Å². The first-order valence-corrected chi connectivity index (χ1v) is 9.43. The number of hydrogen-bond acceptors (Lipinski definition) is 3. The minimum Gasteiger partial charge on any atom is -0.490 e. The molecule has 0 unspecified atom stereocenters. The van der Waals surface area contributed by atoms with Crippen molar-refractivity contribution in [2.75, 3.05) is 13.2 Å². The van der Waals surface area contributed by atoms with Crippen LogP contribution in [0.5, 0.6) is 17.2 Å². The molecule has 3 nitrogen and oxygen atoms in total. The molecule has 7 heteroatoms. The van der Waals surface area contributed by atoms with Gasteiger partial charge in [0.25, 0.3) is 0 Å². The molecule has 2 fully saturated rings. The summed E-state index contributed by atoms with van der Waals surface area (Å²) in [4.78, 5) is 0. The highest BCUT2D eigenvalue weighted by atomic mass is 19.4. The molecule has 2 aliphatic rings. The molecule has 0 atom stereocenters. The van der Waals surface area contributed by atoms with Crippen LogP contribution >= 0.6 is 0 Å². The van der Waals surface area contributed by atoms with E-state index in [-0.39, 0.29) is 24.7 Å². The summed E-state index contributed by atoms with van der Waals surface area (Å²) in [5.41, 5.74) is 0. The van der Waals surface area contributed by atoms with Gasteiger partial charge in [-0.15, -0.1) is 13.2 Å². The molecular formula is C20H24F4O3. The normalized spacial score (nSPS) is 18.2. The average Bonchev–Trinajstić information content (AvgIpc) is 3.28. The third-order valence-corrected chi connectivity index (χ3v) is 4.87. The lowest BCUT2D eigenvalue weighted by Gasteiger charge is -2.17. The summed E-state index contributed by atoms with van der Waals surface area (Å²) in [6, 6.07) is 2.53. The number of ether oxygens (including phenoxy) is 3. The molecule has 0 aromatic heterocycles. The first-order chi connectivity index (χ1) is 12.9. The van der Waals surface area contributed by atoms with Gasteiger partial charge in [-0.05, 0) is 43.2 Å². The second-order valence-corrected chi connectivity index (χ2v) is 7.12. The lowest BCUT2D eigenvalue weighted by Crippen LogP contribution is -2.19. The van der Waals surface area contributed by atoms with Gasteiger partial charge in [-0.25, -0.2) is 0 Å². The monoisotopic (exact) mass is 388 g/mol. The Morgan fingerprint density at radius 3 is 2.37 bits per heavy atom. The first kappa shape index (κ1) is 19.8. The minimum atomic E-state index is -5.02. The van der Waals surface area contributed by atoms with E-state index in [2.05, 4.69) is 4.74 Å². The molecule has 0 radical (unpaired) electrons. The Kier molecular flexibility index (Phi) is 6.50. The van der Waals surface area contributed by atoms with Gasteiger partial charge in [0.05, 0.1) is 6.61 Å². The van der Waals surface area contributed by atoms with Crippen LogP contribution in [0.4, 0.5) is 17.6 Å². The van der Waals surface area contributed by atoms with Gasteiger partial charge in [-0.3, -0.25) is 0 Å². The van der Waals surface area contributed by atoms with Crippen molar-refractivity contribution in [3.63, 3.8) is 0 Å². The van der Waals surface area contributed by atoms with Gasteiger partial charge in [0.1, 0.15) is 6.61 Å². The van der Waals surface area contributed by atoms with Crippen molar-refractivity contribution in [2.24, 2.45) is 11.8 Å². The molecule has 1 aromatic rings. The highest BCUT2D eigenvalue weighted by Crippen LogP contribution is 2.40. The maximum atomic E-state index is 14.5. The van der Waals surface area contributed by atoms with Crippen LogP contribution in [0.15, 0.2) is 24.3 Å². The van der Waals surface area contributed by atoms with Crippen molar-refractivity contribution < 1.29 is 31.8 Å². The largest absolute Gasteiger partial charge is 0.573 e. The Morgan fingerprint density at radius 2 is 1.70 bits per heavy atom. The second kappa shape index (κ2) is 8.85. The third kappa shape index (κ3) is 6.33. The van der Waals surface area contributed by atoms with E-state index >= 15 is 0 Å². The lowest BCUT2D eigenvalue weighted by atomic mass is 10.1. The second-order valence-electron chi connectivity index (χ2n) is 7.12. The highest BCUT2D eigenvalue weighted by Gasteiger charge is 2.35. The minimum absolute atomic E-state index is 0.0841. The number of rotatable bonds is 9. The van der Waals surface area contributed by atoms with Crippen LogP contribution in [0, 0.1) is 17.7 Å². The maximum absolute atomic E-state index is 14.5. The molecule has 1 aromatic carbocycles. The van der Waals surface area contributed by atoms with E-state index in [1.165, 1.54) is 25.0 Å². The maximum Gasteiger partial charge on any atom is 0.573 e. The molecule has 0 heterocycles. The van der Waals surface area contributed by atoms with E-state index in [4.69, 9.17) is 9.47 Å². The molecule has 0 N–H and O–H groups in total. The van der Waals surface area contributed by atoms with Crippen LogP contribution in [0.25, 0.3) is 0 Å². The third-order valence-electron chi connectivity index (χ3n) is 4.87. The van der Waals surface area contributed by atoms with Gasteiger partial charge in [0, 0.05) is 0 Å². The molecule has 2 aliphatic carbocycles. The van der Waals surface area contributed by atoms with Crippen LogP contribution in [0.3, 0.4) is 0 Å². The van der Waals surface area contributed by atoms with Gasteiger partial charge in [0.2, 0.25) is 11.6 Å². The quantitative estimate of drug-likeness (QED) is 0.382. The molecule has 0 aliphatic heterocycles. The predicted molar refractivity (Wildman–Crippen MR) is 92.5 cm³/mol. The fourth-order valence-corrected chi connectivity index (χ4v) is 3.27. The molecule has 0 bridgehead atoms. The fraction of sp³-hybridized carbons (Fsp3) is 0.600.